The van der Waals surface area contributed by atoms with E-state index in [-0.39, 0.29) is 30.3 Å². The van der Waals surface area contributed by atoms with Gasteiger partial charge in [-0.2, -0.15) is 0 Å². The van der Waals surface area contributed by atoms with Gasteiger partial charge >= 0.3 is 0 Å². The van der Waals surface area contributed by atoms with E-state index in [0.29, 0.717) is 37.4 Å². The third-order valence-electron chi connectivity index (χ3n) is 4.06. The third-order valence-corrected chi connectivity index (χ3v) is 4.06. The third kappa shape index (κ3) is 5.25. The molecule has 1 aliphatic heterocycles. The minimum absolute atomic E-state index is 0. The maximum atomic E-state index is 12.2. The Bertz CT molecular complexity index is 537. The summed E-state index contributed by atoms with van der Waals surface area (Å²) in [6, 6.07) is 1.89. The monoisotopic (exact) mass is 343 g/mol. The summed E-state index contributed by atoms with van der Waals surface area (Å²) in [6.07, 6.45) is 2.13. The van der Waals surface area contributed by atoms with Crippen LogP contribution in [0.2, 0.25) is 0 Å². The summed E-state index contributed by atoms with van der Waals surface area (Å²) in [5, 5.41) is 6.03. The molecule has 1 fully saturated rings. The molecule has 0 aliphatic carbocycles. The summed E-state index contributed by atoms with van der Waals surface area (Å²) in [7, 11) is 1.84. The van der Waals surface area contributed by atoms with Crippen molar-refractivity contribution in [2.24, 2.45) is 0 Å². The molecular formula is C16H26ClN3O3. The predicted octanol–water partition coefficient (Wildman–Crippen LogP) is 1.65. The molecule has 7 heteroatoms. The number of halogens is 1. The Morgan fingerprint density at radius 1 is 1.30 bits per heavy atom. The molecule has 0 aromatic carbocycles. The van der Waals surface area contributed by atoms with E-state index in [4.69, 9.17) is 4.42 Å². The first-order valence-electron chi connectivity index (χ1n) is 7.81. The molecule has 0 radical (unpaired) electrons. The largest absolute Gasteiger partial charge is 0.466 e. The highest BCUT2D eigenvalue weighted by Gasteiger charge is 2.24. The number of nitrogens with one attached hydrogen (secondary N) is 2. The molecule has 1 aromatic rings. The molecule has 0 atom stereocenters. The molecule has 2 amide bonds. The average molecular weight is 344 g/mol. The summed E-state index contributed by atoms with van der Waals surface area (Å²) in [5.74, 6) is 1.48. The average Bonchev–Trinajstić information content (AvgIpc) is 2.84. The highest BCUT2D eigenvalue weighted by Crippen LogP contribution is 2.16. The van der Waals surface area contributed by atoms with E-state index in [1.54, 1.807) is 13.0 Å². The van der Waals surface area contributed by atoms with E-state index in [1.807, 2.05) is 18.9 Å². The molecule has 23 heavy (non-hydrogen) atoms. The van der Waals surface area contributed by atoms with Crippen molar-refractivity contribution in [3.8, 4) is 0 Å². The fourth-order valence-corrected chi connectivity index (χ4v) is 2.78. The van der Waals surface area contributed by atoms with E-state index in [0.717, 1.165) is 18.6 Å². The zero-order chi connectivity index (χ0) is 16.1. The van der Waals surface area contributed by atoms with Crippen LogP contribution in [0.3, 0.4) is 0 Å². The number of likely N-dealkylation sites (tertiary alicyclic amines) is 1. The van der Waals surface area contributed by atoms with Crippen LogP contribution in [0.4, 0.5) is 0 Å². The maximum absolute atomic E-state index is 12.2. The number of carbonyl (C=O) groups is 2. The molecule has 1 aromatic heterocycles. The molecule has 2 heterocycles. The summed E-state index contributed by atoms with van der Waals surface area (Å²) >= 11 is 0. The molecule has 0 bridgehead atoms. The number of hydrogen-bond donors (Lipinski definition) is 2. The standard InChI is InChI=1S/C16H25N3O3.ClH/c1-11-10-14(12(2)22-11)16(21)18-13-5-8-19(9-6-13)15(20)4-7-17-3;/h10,13,17H,4-9H2,1-3H3,(H,18,21);1H. The normalized spacial score (nSPS) is 15.2. The molecule has 6 nitrogen and oxygen atoms in total. The van der Waals surface area contributed by atoms with Gasteiger partial charge in [0.25, 0.3) is 5.91 Å². The van der Waals surface area contributed by atoms with Gasteiger partial charge in [0.15, 0.2) is 0 Å². The van der Waals surface area contributed by atoms with Crippen molar-refractivity contribution in [1.82, 2.24) is 15.5 Å². The van der Waals surface area contributed by atoms with E-state index in [9.17, 15) is 9.59 Å². The molecule has 1 saturated heterocycles. The van der Waals surface area contributed by atoms with Crippen LogP contribution in [0.5, 0.6) is 0 Å². The number of furan rings is 1. The lowest BCUT2D eigenvalue weighted by Crippen LogP contribution is -2.46. The van der Waals surface area contributed by atoms with E-state index in [2.05, 4.69) is 10.6 Å². The lowest BCUT2D eigenvalue weighted by Gasteiger charge is -2.32. The number of nitrogens with zero attached hydrogens (tertiary/aromatic N) is 1. The molecule has 1 aliphatic rings. The van der Waals surface area contributed by atoms with Crippen LogP contribution in [-0.4, -0.2) is 49.4 Å². The SMILES string of the molecule is CNCCC(=O)N1CCC(NC(=O)c2cc(C)oc2C)CC1.Cl. The second-order valence-electron chi connectivity index (χ2n) is 5.81. The molecule has 0 spiro atoms. The predicted molar refractivity (Wildman–Crippen MR) is 91.0 cm³/mol. The fourth-order valence-electron chi connectivity index (χ4n) is 2.78. The Morgan fingerprint density at radius 2 is 1.96 bits per heavy atom. The number of amides is 2. The van der Waals surface area contributed by atoms with Crippen molar-refractivity contribution in [1.29, 1.82) is 0 Å². The molecule has 0 unspecified atom stereocenters. The molecule has 2 N–H and O–H groups in total. The maximum Gasteiger partial charge on any atom is 0.255 e. The van der Waals surface area contributed by atoms with Crippen LogP contribution in [0.15, 0.2) is 10.5 Å². The van der Waals surface area contributed by atoms with Crippen molar-refractivity contribution in [3.05, 3.63) is 23.2 Å². The Morgan fingerprint density at radius 3 is 2.48 bits per heavy atom. The van der Waals surface area contributed by atoms with Gasteiger partial charge in [-0.15, -0.1) is 12.4 Å². The topological polar surface area (TPSA) is 74.6 Å². The van der Waals surface area contributed by atoms with Gasteiger partial charge in [-0.1, -0.05) is 0 Å². The summed E-state index contributed by atoms with van der Waals surface area (Å²) in [4.78, 5) is 26.1. The van der Waals surface area contributed by atoms with Gasteiger partial charge in [0, 0.05) is 32.1 Å². The van der Waals surface area contributed by atoms with Crippen LogP contribution in [-0.2, 0) is 4.79 Å². The second-order valence-corrected chi connectivity index (χ2v) is 5.81. The van der Waals surface area contributed by atoms with Gasteiger partial charge in [-0.3, -0.25) is 9.59 Å². The zero-order valence-corrected chi connectivity index (χ0v) is 14.8. The molecule has 2 rings (SSSR count). The number of hydrogen-bond acceptors (Lipinski definition) is 4. The summed E-state index contributed by atoms with van der Waals surface area (Å²) in [6.45, 7) is 5.74. The summed E-state index contributed by atoms with van der Waals surface area (Å²) in [5.41, 5.74) is 0.602. The van der Waals surface area contributed by atoms with Crippen molar-refractivity contribution in [2.45, 2.75) is 39.2 Å². The molecular weight excluding hydrogens is 318 g/mol. The van der Waals surface area contributed by atoms with Gasteiger partial charge in [-0.05, 0) is 39.8 Å². The fraction of sp³-hybridized carbons (Fsp3) is 0.625. The van der Waals surface area contributed by atoms with Gasteiger partial charge in [-0.25, -0.2) is 0 Å². The van der Waals surface area contributed by atoms with Crippen molar-refractivity contribution in [2.75, 3.05) is 26.7 Å². The first-order chi connectivity index (χ1) is 10.5. The van der Waals surface area contributed by atoms with Crippen LogP contribution < -0.4 is 10.6 Å². The highest BCUT2D eigenvalue weighted by molar-refractivity contribution is 5.95. The lowest BCUT2D eigenvalue weighted by molar-refractivity contribution is -0.132. The lowest BCUT2D eigenvalue weighted by atomic mass is 10.0. The van der Waals surface area contributed by atoms with Gasteiger partial charge in [0.1, 0.15) is 11.5 Å². The van der Waals surface area contributed by atoms with E-state index >= 15 is 0 Å². The van der Waals surface area contributed by atoms with Gasteiger partial charge < -0.3 is 20.0 Å². The summed E-state index contributed by atoms with van der Waals surface area (Å²) < 4.78 is 5.39. The van der Waals surface area contributed by atoms with Crippen LogP contribution in [0.25, 0.3) is 0 Å². The Labute approximate surface area is 143 Å². The van der Waals surface area contributed by atoms with Crippen LogP contribution in [0.1, 0.15) is 41.1 Å². The minimum atomic E-state index is -0.0886. The highest BCUT2D eigenvalue weighted by atomic mass is 35.5. The quantitative estimate of drug-likeness (QED) is 0.852. The van der Waals surface area contributed by atoms with Crippen LogP contribution >= 0.6 is 12.4 Å². The van der Waals surface area contributed by atoms with Crippen LogP contribution in [0, 0.1) is 13.8 Å². The smallest absolute Gasteiger partial charge is 0.255 e. The Balaban J connectivity index is 0.00000264. The van der Waals surface area contributed by atoms with E-state index in [1.165, 1.54) is 0 Å². The Kier molecular flexibility index (Phi) is 7.58. The van der Waals surface area contributed by atoms with Crippen molar-refractivity contribution in [3.63, 3.8) is 0 Å². The van der Waals surface area contributed by atoms with Gasteiger partial charge in [0.05, 0.1) is 5.56 Å². The van der Waals surface area contributed by atoms with Crippen molar-refractivity contribution < 1.29 is 14.0 Å². The minimum Gasteiger partial charge on any atom is -0.466 e. The van der Waals surface area contributed by atoms with Gasteiger partial charge in [0.2, 0.25) is 5.91 Å². The second kappa shape index (κ2) is 8.93. The molecule has 0 saturated carbocycles. The Hall–Kier alpha value is -1.53. The zero-order valence-electron chi connectivity index (χ0n) is 14.0. The molecule has 130 valence electrons. The number of piperidine rings is 1. The van der Waals surface area contributed by atoms with Crippen molar-refractivity contribution >= 4 is 24.2 Å². The first kappa shape index (κ1) is 19.5. The van der Waals surface area contributed by atoms with E-state index < -0.39 is 0 Å². The first-order valence-corrected chi connectivity index (χ1v) is 7.81. The number of aryl methyl sites for hydroxylation is 2. The number of rotatable bonds is 5. The number of carbonyl (C=O) groups excluding carboxylic acids is 2.